The number of hydrogen-bond acceptors (Lipinski definition) is 3. The fourth-order valence-corrected chi connectivity index (χ4v) is 7.90. The third-order valence-corrected chi connectivity index (χ3v) is 9.24. The molecule has 1 aliphatic rings. The zero-order chi connectivity index (χ0) is 23.8. The van der Waals surface area contributed by atoms with Crippen LogP contribution in [0.4, 0.5) is 0 Å². The third kappa shape index (κ3) is 6.67. The maximum Gasteiger partial charge on any atom is 0.196 e. The first kappa shape index (κ1) is 26.8. The van der Waals surface area contributed by atoms with E-state index < -0.39 is 0 Å². The number of fused-ring (bicyclic) bond motifs is 2. The first-order valence-corrected chi connectivity index (χ1v) is 15.1. The van der Waals surface area contributed by atoms with E-state index >= 15 is 0 Å². The molecule has 0 unspecified atom stereocenters. The lowest BCUT2D eigenvalue weighted by molar-refractivity contribution is 0.0979. The highest BCUT2D eigenvalue weighted by molar-refractivity contribution is 9.12. The van der Waals surface area contributed by atoms with Crippen LogP contribution in [0.15, 0.2) is 19.7 Å². The van der Waals surface area contributed by atoms with Crippen molar-refractivity contribution in [1.29, 1.82) is 0 Å². The number of benzene rings is 1. The molecule has 0 saturated heterocycles. The van der Waals surface area contributed by atoms with Gasteiger partial charge in [0.2, 0.25) is 0 Å². The second-order valence-electron chi connectivity index (χ2n) is 9.26. The molecule has 0 aliphatic heterocycles. The summed E-state index contributed by atoms with van der Waals surface area (Å²) in [6, 6.07) is 4.10. The topological polar surface area (TPSA) is 34.1 Å². The standard InChI is InChI=1S/C28H36Br2O2S/c1-3-5-7-9-11-13-15-19-17-21-22(18-20(19)16-14-12-10-8-6-4-2)26(32)24-23(25(21)31)27(29)33-28(24)30/h17-18H,3-16H2,1-2H3. The van der Waals surface area contributed by atoms with Gasteiger partial charge in [-0.1, -0.05) is 78.1 Å². The lowest BCUT2D eigenvalue weighted by Crippen LogP contribution is -2.21. The van der Waals surface area contributed by atoms with Crippen molar-refractivity contribution in [3.63, 3.8) is 0 Å². The van der Waals surface area contributed by atoms with Crippen molar-refractivity contribution in [2.45, 2.75) is 104 Å². The van der Waals surface area contributed by atoms with Gasteiger partial charge in [0.15, 0.2) is 11.6 Å². The minimum Gasteiger partial charge on any atom is -0.288 e. The molecule has 0 radical (unpaired) electrons. The molecule has 180 valence electrons. The summed E-state index contributed by atoms with van der Waals surface area (Å²) < 4.78 is 1.48. The van der Waals surface area contributed by atoms with Gasteiger partial charge in [-0.2, -0.15) is 0 Å². The number of ketones is 2. The Morgan fingerprint density at radius 1 is 0.606 bits per heavy atom. The summed E-state index contributed by atoms with van der Waals surface area (Å²) in [4.78, 5) is 26.7. The Bertz CT molecular complexity index is 901. The van der Waals surface area contributed by atoms with Crippen LogP contribution in [-0.4, -0.2) is 11.6 Å². The van der Waals surface area contributed by atoms with Gasteiger partial charge >= 0.3 is 0 Å². The lowest BCUT2D eigenvalue weighted by atomic mass is 9.82. The molecule has 0 atom stereocenters. The van der Waals surface area contributed by atoms with E-state index in [1.165, 1.54) is 86.7 Å². The van der Waals surface area contributed by atoms with Crippen LogP contribution in [-0.2, 0) is 12.8 Å². The zero-order valence-electron chi connectivity index (χ0n) is 20.0. The minimum atomic E-state index is -0.0243. The lowest BCUT2D eigenvalue weighted by Gasteiger charge is -2.20. The molecule has 0 bridgehead atoms. The summed E-state index contributed by atoms with van der Waals surface area (Å²) in [5.41, 5.74) is 4.77. The smallest absolute Gasteiger partial charge is 0.196 e. The Kier molecular flexibility index (Phi) is 10.8. The molecular weight excluding hydrogens is 560 g/mol. The van der Waals surface area contributed by atoms with E-state index in [1.807, 2.05) is 0 Å². The van der Waals surface area contributed by atoms with E-state index in [9.17, 15) is 9.59 Å². The summed E-state index contributed by atoms with van der Waals surface area (Å²) in [6.45, 7) is 4.49. The van der Waals surface area contributed by atoms with Crippen molar-refractivity contribution in [3.05, 3.63) is 53.1 Å². The maximum atomic E-state index is 13.4. The van der Waals surface area contributed by atoms with Gasteiger partial charge in [0, 0.05) is 11.1 Å². The highest BCUT2D eigenvalue weighted by Gasteiger charge is 2.35. The van der Waals surface area contributed by atoms with Crippen LogP contribution in [0.1, 0.15) is 134 Å². The maximum absolute atomic E-state index is 13.4. The predicted octanol–water partition coefficient (Wildman–Crippen LogP) is 9.85. The average Bonchev–Trinajstić information content (AvgIpc) is 3.11. The van der Waals surface area contributed by atoms with Crippen LogP contribution < -0.4 is 0 Å². The molecule has 2 aromatic rings. The molecule has 33 heavy (non-hydrogen) atoms. The van der Waals surface area contributed by atoms with Gasteiger partial charge in [0.05, 0.1) is 18.7 Å². The molecule has 1 heterocycles. The molecular formula is C28H36Br2O2S. The summed E-state index contributed by atoms with van der Waals surface area (Å²) >= 11 is 8.42. The second-order valence-corrected chi connectivity index (χ2v) is 12.9. The van der Waals surface area contributed by atoms with Crippen molar-refractivity contribution >= 4 is 54.8 Å². The van der Waals surface area contributed by atoms with E-state index in [4.69, 9.17) is 0 Å². The van der Waals surface area contributed by atoms with Gasteiger partial charge in [0.25, 0.3) is 0 Å². The third-order valence-electron chi connectivity index (χ3n) is 6.70. The van der Waals surface area contributed by atoms with Crippen molar-refractivity contribution in [1.82, 2.24) is 0 Å². The molecule has 0 spiro atoms. The van der Waals surface area contributed by atoms with E-state index in [2.05, 4.69) is 57.8 Å². The van der Waals surface area contributed by atoms with E-state index in [0.717, 1.165) is 33.3 Å². The number of carbonyl (C=O) groups is 2. The van der Waals surface area contributed by atoms with Crippen molar-refractivity contribution in [3.8, 4) is 0 Å². The summed E-state index contributed by atoms with van der Waals surface area (Å²) in [6.07, 6.45) is 17.1. The molecule has 1 aliphatic carbocycles. The van der Waals surface area contributed by atoms with Crippen molar-refractivity contribution in [2.75, 3.05) is 0 Å². The number of halogens is 2. The molecule has 1 aromatic carbocycles. The average molecular weight is 596 g/mol. The van der Waals surface area contributed by atoms with Gasteiger partial charge in [0.1, 0.15) is 0 Å². The molecule has 0 saturated carbocycles. The van der Waals surface area contributed by atoms with Crippen LogP contribution in [0.3, 0.4) is 0 Å². The summed E-state index contributed by atoms with van der Waals surface area (Å²) in [7, 11) is 0. The Labute approximate surface area is 220 Å². The van der Waals surface area contributed by atoms with Gasteiger partial charge in [-0.05, 0) is 80.8 Å². The van der Waals surface area contributed by atoms with E-state index in [0.29, 0.717) is 22.3 Å². The first-order chi connectivity index (χ1) is 16.0. The Morgan fingerprint density at radius 3 is 1.36 bits per heavy atom. The Morgan fingerprint density at radius 2 is 0.970 bits per heavy atom. The molecule has 5 heteroatoms. The van der Waals surface area contributed by atoms with E-state index in [-0.39, 0.29) is 11.6 Å². The molecule has 0 N–H and O–H groups in total. The monoisotopic (exact) mass is 594 g/mol. The van der Waals surface area contributed by atoms with Gasteiger partial charge in [-0.15, -0.1) is 11.3 Å². The Hall–Kier alpha value is -0.780. The largest absolute Gasteiger partial charge is 0.288 e. The van der Waals surface area contributed by atoms with Crippen LogP contribution in [0.5, 0.6) is 0 Å². The van der Waals surface area contributed by atoms with Gasteiger partial charge in [-0.25, -0.2) is 0 Å². The highest BCUT2D eigenvalue weighted by Crippen LogP contribution is 2.43. The molecule has 0 fully saturated rings. The van der Waals surface area contributed by atoms with Crippen LogP contribution in [0.2, 0.25) is 0 Å². The van der Waals surface area contributed by atoms with Crippen LogP contribution >= 0.6 is 43.2 Å². The summed E-state index contributed by atoms with van der Waals surface area (Å²) in [5, 5.41) is 0. The summed E-state index contributed by atoms with van der Waals surface area (Å²) in [5.74, 6) is -0.0486. The number of hydrogen-bond donors (Lipinski definition) is 0. The minimum absolute atomic E-state index is 0.0243. The predicted molar refractivity (Wildman–Crippen MR) is 147 cm³/mol. The SMILES string of the molecule is CCCCCCCCc1cc2c(cc1CCCCCCCC)C(=O)c1c(Br)sc(Br)c1C2=O. The first-order valence-electron chi connectivity index (χ1n) is 12.7. The van der Waals surface area contributed by atoms with Crippen LogP contribution in [0, 0.1) is 0 Å². The van der Waals surface area contributed by atoms with Crippen molar-refractivity contribution < 1.29 is 9.59 Å². The molecule has 2 nitrogen and oxygen atoms in total. The fourth-order valence-electron chi connectivity index (χ4n) is 4.77. The molecule has 3 rings (SSSR count). The van der Waals surface area contributed by atoms with Crippen molar-refractivity contribution in [2.24, 2.45) is 0 Å². The number of carbonyl (C=O) groups excluding carboxylic acids is 2. The highest BCUT2D eigenvalue weighted by atomic mass is 79.9. The zero-order valence-corrected chi connectivity index (χ0v) is 24.0. The van der Waals surface area contributed by atoms with Gasteiger partial charge in [-0.3, -0.25) is 9.59 Å². The molecule has 1 aromatic heterocycles. The van der Waals surface area contributed by atoms with E-state index in [1.54, 1.807) is 0 Å². The number of thiophene rings is 1. The quantitative estimate of drug-likeness (QED) is 0.174. The number of unbranched alkanes of at least 4 members (excludes halogenated alkanes) is 10. The molecule has 0 amide bonds. The Balaban J connectivity index is 1.81. The normalized spacial score (nSPS) is 12.8. The second kappa shape index (κ2) is 13.3. The number of aryl methyl sites for hydroxylation is 2. The van der Waals surface area contributed by atoms with Crippen LogP contribution in [0.25, 0.3) is 0 Å². The van der Waals surface area contributed by atoms with Gasteiger partial charge < -0.3 is 0 Å². The fraction of sp³-hybridized carbons (Fsp3) is 0.571. The number of rotatable bonds is 14.